The van der Waals surface area contributed by atoms with Gasteiger partial charge in [-0.05, 0) is 92.2 Å². The third-order valence-electron chi connectivity index (χ3n) is 9.43. The molecule has 0 saturated carbocycles. The number of unbranched alkanes of at least 4 members (excludes halogenated alkanes) is 1. The lowest BCUT2D eigenvalue weighted by atomic mass is 9.97. The molecule has 48 heavy (non-hydrogen) atoms. The smallest absolute Gasteiger partial charge is 0.406 e. The summed E-state index contributed by atoms with van der Waals surface area (Å²) in [7, 11) is 0. The van der Waals surface area contributed by atoms with Crippen molar-refractivity contribution in [1.29, 1.82) is 0 Å². The van der Waals surface area contributed by atoms with Crippen LogP contribution in [-0.2, 0) is 24.3 Å². The highest BCUT2D eigenvalue weighted by Crippen LogP contribution is 2.31. The second-order valence-electron chi connectivity index (χ2n) is 12.8. The molecule has 3 aromatic carbocycles. The second kappa shape index (κ2) is 15.6. The molecule has 1 aromatic heterocycles. The number of Topliss-reactive ketones (excluding diaryl/α,β-unsaturated/α-hetero) is 1. The average molecular weight is 702 g/mol. The van der Waals surface area contributed by atoms with Gasteiger partial charge in [-0.2, -0.15) is 0 Å². The summed E-state index contributed by atoms with van der Waals surface area (Å²) in [5.41, 5.74) is 5.03. The van der Waals surface area contributed by atoms with Gasteiger partial charge in [-0.25, -0.2) is 0 Å². The number of halogens is 5. The number of ketones is 1. The van der Waals surface area contributed by atoms with Gasteiger partial charge in [0.15, 0.2) is 0 Å². The highest BCUT2D eigenvalue weighted by atomic mass is 35.5. The molecule has 1 atom stereocenters. The lowest BCUT2D eigenvalue weighted by molar-refractivity contribution is -0.274. The number of nitrogens with zero attached hydrogens (tertiary/aromatic N) is 3. The van der Waals surface area contributed by atoms with Crippen LogP contribution < -0.4 is 10.1 Å². The fourth-order valence-electron chi connectivity index (χ4n) is 6.85. The third-order valence-corrected chi connectivity index (χ3v) is 10.1. The van der Waals surface area contributed by atoms with Crippen LogP contribution >= 0.6 is 23.2 Å². The highest BCUT2D eigenvalue weighted by molar-refractivity contribution is 6.35. The Morgan fingerprint density at radius 1 is 0.896 bits per heavy atom. The van der Waals surface area contributed by atoms with E-state index >= 15 is 0 Å². The minimum atomic E-state index is -4.74. The number of carbonyl (C=O) groups excluding carboxylic acids is 1. The summed E-state index contributed by atoms with van der Waals surface area (Å²) in [6.07, 6.45) is 3.56. The van der Waals surface area contributed by atoms with E-state index in [4.69, 9.17) is 23.2 Å². The largest absolute Gasteiger partial charge is 0.573 e. The molecule has 0 aliphatic carbocycles. The second-order valence-corrected chi connectivity index (χ2v) is 13.7. The highest BCUT2D eigenvalue weighted by Gasteiger charge is 2.31. The van der Waals surface area contributed by atoms with Crippen molar-refractivity contribution in [2.45, 2.75) is 70.4 Å². The van der Waals surface area contributed by atoms with Crippen molar-refractivity contribution in [3.05, 3.63) is 93.6 Å². The quantitative estimate of drug-likeness (QED) is 0.150. The number of aromatic nitrogens is 1. The van der Waals surface area contributed by atoms with Crippen LogP contribution in [0.15, 0.2) is 66.9 Å². The molecular weight excluding hydrogens is 660 g/mol. The molecule has 11 heteroatoms. The Morgan fingerprint density at radius 2 is 1.60 bits per heavy atom. The number of piperidine rings is 1. The van der Waals surface area contributed by atoms with Gasteiger partial charge < -0.3 is 14.6 Å². The maximum atomic E-state index is 12.8. The molecule has 2 saturated heterocycles. The van der Waals surface area contributed by atoms with Gasteiger partial charge in [0.05, 0.1) is 11.6 Å². The summed E-state index contributed by atoms with van der Waals surface area (Å²) in [5, 5.41) is 5.83. The Hall–Kier alpha value is -3.08. The summed E-state index contributed by atoms with van der Waals surface area (Å²) in [6, 6.07) is 18.1. The Balaban J connectivity index is 1.15. The normalized spacial score (nSPS) is 18.0. The van der Waals surface area contributed by atoms with Crippen LogP contribution in [0.3, 0.4) is 0 Å². The topological polar surface area (TPSA) is 49.7 Å². The van der Waals surface area contributed by atoms with Crippen LogP contribution in [0.25, 0.3) is 16.6 Å². The predicted molar refractivity (Wildman–Crippen MR) is 185 cm³/mol. The van der Waals surface area contributed by atoms with E-state index in [1.165, 1.54) is 17.7 Å². The van der Waals surface area contributed by atoms with Crippen molar-refractivity contribution in [2.24, 2.45) is 0 Å². The van der Waals surface area contributed by atoms with Crippen molar-refractivity contribution in [2.75, 3.05) is 32.7 Å². The van der Waals surface area contributed by atoms with Crippen LogP contribution in [0.4, 0.5) is 13.2 Å². The van der Waals surface area contributed by atoms with E-state index in [0.717, 1.165) is 106 Å². The van der Waals surface area contributed by atoms with Crippen molar-refractivity contribution < 1.29 is 22.7 Å². The van der Waals surface area contributed by atoms with E-state index in [1.807, 2.05) is 22.8 Å². The summed E-state index contributed by atoms with van der Waals surface area (Å²) in [4.78, 5) is 17.5. The van der Waals surface area contributed by atoms with Gasteiger partial charge in [0, 0.05) is 78.6 Å². The molecule has 3 heterocycles. The maximum Gasteiger partial charge on any atom is 0.573 e. The number of rotatable bonds is 12. The van der Waals surface area contributed by atoms with Crippen LogP contribution in [0.5, 0.6) is 5.75 Å². The standard InChI is InChI=1S/C37H41Cl2F3N4O2/c38-32-7-5-8-33(39)31(32)25-45-20-18-44(19-21-45)23-26-11-16-30-27(6-1-2-10-36(47)34-9-3-4-17-43-34)24-46(35(30)22-26)28-12-14-29(15-13-28)48-37(40,41)42/h5,7-8,11-16,22,24,34,43H,1-4,6,9-10,17-21,23,25H2. The molecule has 0 spiro atoms. The molecule has 0 radical (unpaired) electrons. The fraction of sp³-hybridized carbons (Fsp3) is 0.432. The zero-order chi connectivity index (χ0) is 33.7. The molecular formula is C37H41Cl2F3N4O2. The van der Waals surface area contributed by atoms with Crippen LogP contribution in [0.1, 0.15) is 55.2 Å². The van der Waals surface area contributed by atoms with Crippen molar-refractivity contribution in [3.8, 4) is 11.4 Å². The SMILES string of the molecule is O=C(CCCCc1cn(-c2ccc(OC(F)(F)F)cc2)c2cc(CN3CCN(Cc4c(Cl)cccc4Cl)CC3)ccc12)C1CCCCN1. The molecule has 6 nitrogen and oxygen atoms in total. The number of alkyl halides is 3. The average Bonchev–Trinajstić information content (AvgIpc) is 3.43. The third kappa shape index (κ3) is 8.93. The summed E-state index contributed by atoms with van der Waals surface area (Å²) < 4.78 is 44.6. The number of carbonyl (C=O) groups is 1. The minimum Gasteiger partial charge on any atom is -0.406 e. The van der Waals surface area contributed by atoms with E-state index in [1.54, 1.807) is 12.1 Å². The lowest BCUT2D eigenvalue weighted by Gasteiger charge is -2.35. The number of hydrogen-bond acceptors (Lipinski definition) is 5. The first-order chi connectivity index (χ1) is 23.1. The van der Waals surface area contributed by atoms with E-state index < -0.39 is 6.36 Å². The number of ether oxygens (including phenoxy) is 1. The lowest BCUT2D eigenvalue weighted by Crippen LogP contribution is -2.45. The first-order valence-electron chi connectivity index (χ1n) is 16.8. The van der Waals surface area contributed by atoms with Gasteiger partial charge in [-0.15, -0.1) is 13.2 Å². The number of fused-ring (bicyclic) bond motifs is 1. The first-order valence-corrected chi connectivity index (χ1v) is 17.5. The van der Waals surface area contributed by atoms with Crippen LogP contribution in [0.2, 0.25) is 10.0 Å². The predicted octanol–water partition coefficient (Wildman–Crippen LogP) is 8.58. The van der Waals surface area contributed by atoms with Crippen molar-refractivity contribution >= 4 is 39.9 Å². The van der Waals surface area contributed by atoms with Gasteiger partial charge in [0.25, 0.3) is 0 Å². The Bertz CT molecular complexity index is 1680. The molecule has 6 rings (SSSR count). The number of aryl methyl sites for hydroxylation is 1. The van der Waals surface area contributed by atoms with Crippen LogP contribution in [0, 0.1) is 0 Å². The minimum absolute atomic E-state index is 0.00721. The molecule has 0 bridgehead atoms. The monoisotopic (exact) mass is 700 g/mol. The van der Waals surface area contributed by atoms with Crippen molar-refractivity contribution in [3.63, 3.8) is 0 Å². The summed E-state index contributed by atoms with van der Waals surface area (Å²) in [5.74, 6) is 0.0492. The van der Waals surface area contributed by atoms with Gasteiger partial charge in [-0.3, -0.25) is 14.6 Å². The molecule has 2 aliphatic rings. The number of benzene rings is 3. The Morgan fingerprint density at radius 3 is 2.27 bits per heavy atom. The number of hydrogen-bond donors (Lipinski definition) is 1. The molecule has 2 aliphatic heterocycles. The number of nitrogens with one attached hydrogen (secondary N) is 1. The molecule has 4 aromatic rings. The summed E-state index contributed by atoms with van der Waals surface area (Å²) in [6.45, 7) is 6.02. The zero-order valence-corrected chi connectivity index (χ0v) is 28.4. The van der Waals surface area contributed by atoms with Gasteiger partial charge >= 0.3 is 6.36 Å². The van der Waals surface area contributed by atoms with E-state index in [2.05, 4.69) is 44.2 Å². The van der Waals surface area contributed by atoms with Gasteiger partial charge in [0.1, 0.15) is 11.5 Å². The van der Waals surface area contributed by atoms with Crippen LogP contribution in [-0.4, -0.2) is 65.3 Å². The summed E-state index contributed by atoms with van der Waals surface area (Å²) >= 11 is 12.8. The van der Waals surface area contributed by atoms with E-state index in [-0.39, 0.29) is 11.8 Å². The van der Waals surface area contributed by atoms with E-state index in [9.17, 15) is 18.0 Å². The fourth-order valence-corrected chi connectivity index (χ4v) is 7.37. The molecule has 1 N–H and O–H groups in total. The Labute approximate surface area is 289 Å². The van der Waals surface area contributed by atoms with Gasteiger partial charge in [0.2, 0.25) is 0 Å². The molecule has 0 amide bonds. The van der Waals surface area contributed by atoms with Gasteiger partial charge in [-0.1, -0.05) is 47.8 Å². The van der Waals surface area contributed by atoms with Crippen molar-refractivity contribution in [1.82, 2.24) is 19.7 Å². The zero-order valence-electron chi connectivity index (χ0n) is 26.9. The molecule has 1 unspecified atom stereocenters. The van der Waals surface area contributed by atoms with E-state index in [0.29, 0.717) is 28.8 Å². The first kappa shape index (κ1) is 34.8. The molecule has 256 valence electrons. The Kier molecular flexibility index (Phi) is 11.3. The number of piperazine rings is 1. The maximum absolute atomic E-state index is 12.8. The molecule has 2 fully saturated rings.